The Hall–Kier alpha value is -3.28. The first kappa shape index (κ1) is 21.0. The third-order valence-corrected chi connectivity index (χ3v) is 4.95. The molecule has 0 aromatic carbocycles. The van der Waals surface area contributed by atoms with Gasteiger partial charge in [-0.25, -0.2) is 19.6 Å². The van der Waals surface area contributed by atoms with Crippen LogP contribution in [0.5, 0.6) is 5.88 Å². The smallest absolute Gasteiger partial charge is 0.417 e. The Morgan fingerprint density at radius 2 is 2.06 bits per heavy atom. The van der Waals surface area contributed by atoms with Crippen molar-refractivity contribution in [3.8, 4) is 5.88 Å². The third-order valence-electron chi connectivity index (χ3n) is 4.95. The van der Waals surface area contributed by atoms with Crippen molar-refractivity contribution in [2.24, 2.45) is 0 Å². The summed E-state index contributed by atoms with van der Waals surface area (Å²) in [6.07, 6.45) is -1.22. The van der Waals surface area contributed by atoms with Gasteiger partial charge in [-0.15, -0.1) is 0 Å². The van der Waals surface area contributed by atoms with Crippen molar-refractivity contribution < 1.29 is 27.8 Å². The summed E-state index contributed by atoms with van der Waals surface area (Å²) in [5.74, 6) is -0.560. The summed E-state index contributed by atoms with van der Waals surface area (Å²) < 4.78 is 45.8. The van der Waals surface area contributed by atoms with E-state index in [2.05, 4.69) is 25.4 Å². The van der Waals surface area contributed by atoms with E-state index in [1.807, 2.05) is 0 Å². The lowest BCUT2D eigenvalue weighted by molar-refractivity contribution is -0.137. The van der Waals surface area contributed by atoms with Gasteiger partial charge in [0.15, 0.2) is 11.3 Å². The maximum absolute atomic E-state index is 13.1. The van der Waals surface area contributed by atoms with E-state index >= 15 is 0 Å². The zero-order valence-electron chi connectivity index (χ0n) is 16.7. The zero-order valence-corrected chi connectivity index (χ0v) is 16.7. The SMILES string of the molecule is COc1ncc(C(F)(F)F)cc1Cn1nc(C(=O)NCC2(O)CC2)c2ncc(C)nc21. The molecule has 3 aromatic rings. The molecule has 9 nitrogen and oxygen atoms in total. The van der Waals surface area contributed by atoms with Crippen molar-refractivity contribution in [1.82, 2.24) is 30.0 Å². The molecule has 0 atom stereocenters. The van der Waals surface area contributed by atoms with Crippen LogP contribution in [0.3, 0.4) is 0 Å². The number of ether oxygens (including phenoxy) is 1. The molecular weight excluding hydrogens is 417 g/mol. The van der Waals surface area contributed by atoms with Crippen LogP contribution in [0.25, 0.3) is 11.2 Å². The number of hydrogen-bond acceptors (Lipinski definition) is 7. The van der Waals surface area contributed by atoms with E-state index in [1.165, 1.54) is 18.0 Å². The molecule has 31 heavy (non-hydrogen) atoms. The molecule has 4 rings (SSSR count). The highest BCUT2D eigenvalue weighted by atomic mass is 19.4. The van der Waals surface area contributed by atoms with Gasteiger partial charge in [0, 0.05) is 24.5 Å². The predicted molar refractivity (Wildman–Crippen MR) is 101 cm³/mol. The van der Waals surface area contributed by atoms with Crippen LogP contribution in [-0.4, -0.2) is 55.0 Å². The average molecular weight is 436 g/mol. The number of aryl methyl sites for hydroxylation is 1. The largest absolute Gasteiger partial charge is 0.481 e. The molecule has 1 amide bonds. The fourth-order valence-corrected chi connectivity index (χ4v) is 3.05. The van der Waals surface area contributed by atoms with Crippen LogP contribution in [0.15, 0.2) is 18.5 Å². The number of fused-ring (bicyclic) bond motifs is 1. The van der Waals surface area contributed by atoms with Gasteiger partial charge in [-0.2, -0.15) is 18.3 Å². The van der Waals surface area contributed by atoms with Gasteiger partial charge in [0.1, 0.15) is 5.52 Å². The Balaban J connectivity index is 1.72. The summed E-state index contributed by atoms with van der Waals surface area (Å²) in [4.78, 5) is 25.0. The van der Waals surface area contributed by atoms with Crippen LogP contribution in [0.4, 0.5) is 13.2 Å². The van der Waals surface area contributed by atoms with E-state index in [0.29, 0.717) is 24.7 Å². The minimum absolute atomic E-state index is 0.000723. The number of hydrogen-bond donors (Lipinski definition) is 2. The Labute approximate surface area is 174 Å². The zero-order chi connectivity index (χ0) is 22.4. The summed E-state index contributed by atoms with van der Waals surface area (Å²) >= 11 is 0. The number of carbonyl (C=O) groups is 1. The van der Waals surface area contributed by atoms with E-state index in [0.717, 1.165) is 6.07 Å². The van der Waals surface area contributed by atoms with Crippen LogP contribution in [-0.2, 0) is 12.7 Å². The Bertz CT molecular complexity index is 1160. The first-order chi connectivity index (χ1) is 14.6. The van der Waals surface area contributed by atoms with Crippen LogP contribution in [0.2, 0.25) is 0 Å². The number of nitrogens with one attached hydrogen (secondary N) is 1. The number of methoxy groups -OCH3 is 1. The molecule has 1 fully saturated rings. The quantitative estimate of drug-likeness (QED) is 0.606. The number of carbonyl (C=O) groups excluding carboxylic acids is 1. The van der Waals surface area contributed by atoms with Crippen molar-refractivity contribution in [2.75, 3.05) is 13.7 Å². The van der Waals surface area contributed by atoms with E-state index in [1.54, 1.807) is 6.92 Å². The maximum Gasteiger partial charge on any atom is 0.417 e. The lowest BCUT2D eigenvalue weighted by atomic mass is 10.2. The summed E-state index contributed by atoms with van der Waals surface area (Å²) in [6.45, 7) is 1.59. The first-order valence-corrected chi connectivity index (χ1v) is 9.40. The predicted octanol–water partition coefficient (Wildman–Crippen LogP) is 1.86. The fraction of sp³-hybridized carbons (Fsp3) is 0.421. The molecule has 3 heterocycles. The van der Waals surface area contributed by atoms with Crippen LogP contribution < -0.4 is 10.1 Å². The van der Waals surface area contributed by atoms with Crippen molar-refractivity contribution in [3.05, 3.63) is 41.0 Å². The number of amides is 1. The lowest BCUT2D eigenvalue weighted by Crippen LogP contribution is -2.33. The van der Waals surface area contributed by atoms with E-state index in [-0.39, 0.29) is 41.4 Å². The van der Waals surface area contributed by atoms with Gasteiger partial charge >= 0.3 is 6.18 Å². The van der Waals surface area contributed by atoms with E-state index < -0.39 is 23.2 Å². The third kappa shape index (κ3) is 4.29. The van der Waals surface area contributed by atoms with Gasteiger partial charge in [-0.1, -0.05) is 0 Å². The molecule has 0 unspecified atom stereocenters. The number of nitrogens with zero attached hydrogens (tertiary/aromatic N) is 5. The summed E-state index contributed by atoms with van der Waals surface area (Å²) in [5.41, 5.74) is -0.776. The molecule has 0 radical (unpaired) electrons. The van der Waals surface area contributed by atoms with Gasteiger partial charge in [-0.3, -0.25) is 4.79 Å². The number of pyridine rings is 1. The van der Waals surface area contributed by atoms with E-state index in [4.69, 9.17) is 4.74 Å². The average Bonchev–Trinajstić information content (AvgIpc) is 3.36. The molecule has 12 heteroatoms. The highest BCUT2D eigenvalue weighted by molar-refractivity contribution is 6.02. The van der Waals surface area contributed by atoms with Crippen LogP contribution >= 0.6 is 0 Å². The molecule has 0 saturated heterocycles. The normalized spacial score (nSPS) is 15.2. The molecule has 3 aromatic heterocycles. The Morgan fingerprint density at radius 3 is 2.71 bits per heavy atom. The molecule has 1 saturated carbocycles. The van der Waals surface area contributed by atoms with Crippen molar-refractivity contribution >= 4 is 17.1 Å². The molecule has 0 aliphatic heterocycles. The van der Waals surface area contributed by atoms with E-state index in [9.17, 15) is 23.1 Å². The molecule has 2 N–H and O–H groups in total. The number of alkyl halides is 3. The lowest BCUT2D eigenvalue weighted by Gasteiger charge is -2.12. The minimum Gasteiger partial charge on any atom is -0.481 e. The van der Waals surface area contributed by atoms with Gasteiger partial charge in [0.25, 0.3) is 5.91 Å². The topological polar surface area (TPSA) is 115 Å². The molecule has 1 aliphatic carbocycles. The Kier molecular flexibility index (Phi) is 5.04. The molecular formula is C19H19F3N6O3. The van der Waals surface area contributed by atoms with Crippen molar-refractivity contribution in [3.63, 3.8) is 0 Å². The second kappa shape index (κ2) is 7.45. The number of aliphatic hydroxyl groups is 1. The highest BCUT2D eigenvalue weighted by Gasteiger charge is 2.40. The second-order valence-electron chi connectivity index (χ2n) is 7.49. The molecule has 164 valence electrons. The monoisotopic (exact) mass is 436 g/mol. The Morgan fingerprint density at radius 1 is 1.32 bits per heavy atom. The summed E-state index contributed by atoms with van der Waals surface area (Å²) in [6, 6.07) is 0.922. The van der Waals surface area contributed by atoms with Crippen molar-refractivity contribution in [2.45, 2.75) is 38.1 Å². The number of halogens is 3. The van der Waals surface area contributed by atoms with Gasteiger partial charge in [0.05, 0.1) is 30.5 Å². The van der Waals surface area contributed by atoms with Gasteiger partial charge in [0.2, 0.25) is 5.88 Å². The maximum atomic E-state index is 13.1. The van der Waals surface area contributed by atoms with Gasteiger partial charge in [-0.05, 0) is 25.8 Å². The van der Waals surface area contributed by atoms with Crippen molar-refractivity contribution in [1.29, 1.82) is 0 Å². The molecule has 0 bridgehead atoms. The summed E-state index contributed by atoms with van der Waals surface area (Å²) in [5, 5.41) is 16.8. The number of rotatable bonds is 6. The molecule has 1 aliphatic rings. The van der Waals surface area contributed by atoms with Gasteiger partial charge < -0.3 is 15.2 Å². The highest BCUT2D eigenvalue weighted by Crippen LogP contribution is 2.34. The second-order valence-corrected chi connectivity index (χ2v) is 7.49. The standard InChI is InChI=1S/C19H19F3N6O3/c1-10-6-23-13-14(16(29)25-9-18(30)3-4-18)27-28(15(13)26-10)8-11-5-12(19(20,21)22)7-24-17(11)31-2/h5-7,30H,3-4,8-9H2,1-2H3,(H,25,29). The minimum atomic E-state index is -4.58. The first-order valence-electron chi connectivity index (χ1n) is 9.40. The molecule has 0 spiro atoms. The fourth-order valence-electron chi connectivity index (χ4n) is 3.05. The number of aromatic nitrogens is 5. The summed E-state index contributed by atoms with van der Waals surface area (Å²) in [7, 11) is 1.30. The van der Waals surface area contributed by atoms with Crippen LogP contribution in [0, 0.1) is 6.92 Å². The van der Waals surface area contributed by atoms with Crippen LogP contribution in [0.1, 0.15) is 40.2 Å².